The molecule has 1 fully saturated rings. The summed E-state index contributed by atoms with van der Waals surface area (Å²) < 4.78 is 5.49. The topological polar surface area (TPSA) is 61.7 Å². The maximum atomic E-state index is 10.3. The molecule has 2 heterocycles. The van der Waals surface area contributed by atoms with Crippen LogP contribution >= 0.6 is 0 Å². The zero-order valence-corrected chi connectivity index (χ0v) is 17.1. The predicted octanol–water partition coefficient (Wildman–Crippen LogP) is 3.47. The molecule has 1 aromatic heterocycles. The summed E-state index contributed by atoms with van der Waals surface area (Å²) in [6, 6.07) is 13.5. The summed E-state index contributed by atoms with van der Waals surface area (Å²) in [5, 5.41) is 11.4. The Morgan fingerprint density at radius 3 is 2.59 bits per heavy atom. The summed E-state index contributed by atoms with van der Waals surface area (Å²) in [4.78, 5) is 14.4. The number of fused-ring (bicyclic) bond motifs is 1. The van der Waals surface area contributed by atoms with Gasteiger partial charge in [0.05, 0.1) is 17.7 Å². The van der Waals surface area contributed by atoms with Crippen molar-refractivity contribution in [2.45, 2.75) is 13.8 Å². The van der Waals surface area contributed by atoms with E-state index >= 15 is 0 Å². The first-order valence-corrected chi connectivity index (χ1v) is 10.3. The minimum absolute atomic E-state index is 0.200. The summed E-state index contributed by atoms with van der Waals surface area (Å²) in [5.41, 5.74) is 2.73. The molecule has 6 nitrogen and oxygen atoms in total. The van der Waals surface area contributed by atoms with Crippen LogP contribution < -0.4 is 4.90 Å². The molecule has 6 heteroatoms. The van der Waals surface area contributed by atoms with Gasteiger partial charge in [0.15, 0.2) is 5.82 Å². The maximum Gasteiger partial charge on any atom is 0.165 e. The van der Waals surface area contributed by atoms with E-state index in [9.17, 15) is 5.11 Å². The first kappa shape index (κ1) is 19.6. The van der Waals surface area contributed by atoms with Crippen LogP contribution in [0.4, 0.5) is 5.82 Å². The predicted molar refractivity (Wildman–Crippen MR) is 117 cm³/mol. The molecule has 0 bridgehead atoms. The van der Waals surface area contributed by atoms with E-state index in [0.29, 0.717) is 11.4 Å². The first-order chi connectivity index (χ1) is 14.2. The molecule has 0 aliphatic carbocycles. The average Bonchev–Trinajstić information content (AvgIpc) is 2.74. The summed E-state index contributed by atoms with van der Waals surface area (Å²) in [5.74, 6) is 1.71. The Bertz CT molecular complexity index is 984. The van der Waals surface area contributed by atoms with E-state index in [-0.39, 0.29) is 5.75 Å². The molecule has 0 atom stereocenters. The van der Waals surface area contributed by atoms with Crippen molar-refractivity contribution in [1.82, 2.24) is 14.9 Å². The number of benzene rings is 2. The standard InChI is InChI=1S/C23H28N4O2/c1-3-29-15-14-26-10-12-27(13-11-26)23-18-9-8-17(2)16-20(18)24-22(25-23)19-6-4-5-7-21(19)28/h4-9,16,28H,3,10-15H2,1-2H3. The zero-order chi connectivity index (χ0) is 20.2. The number of aromatic nitrogens is 2. The fourth-order valence-electron chi connectivity index (χ4n) is 3.77. The van der Waals surface area contributed by atoms with Crippen molar-refractivity contribution in [3.05, 3.63) is 48.0 Å². The highest BCUT2D eigenvalue weighted by Gasteiger charge is 2.21. The third-order valence-electron chi connectivity index (χ3n) is 5.41. The number of phenols is 1. The van der Waals surface area contributed by atoms with Crippen LogP contribution in [0.25, 0.3) is 22.3 Å². The Kier molecular flexibility index (Phi) is 5.92. The lowest BCUT2D eigenvalue weighted by Gasteiger charge is -2.35. The minimum Gasteiger partial charge on any atom is -0.507 e. The lowest BCUT2D eigenvalue weighted by atomic mass is 10.1. The Labute approximate surface area is 171 Å². The van der Waals surface area contributed by atoms with Crippen LogP contribution in [-0.2, 0) is 4.74 Å². The molecule has 0 radical (unpaired) electrons. The van der Waals surface area contributed by atoms with Crippen LogP contribution in [0.2, 0.25) is 0 Å². The van der Waals surface area contributed by atoms with Crippen LogP contribution in [0, 0.1) is 6.92 Å². The van der Waals surface area contributed by atoms with E-state index < -0.39 is 0 Å². The van der Waals surface area contributed by atoms with Crippen LogP contribution in [0.15, 0.2) is 42.5 Å². The second-order valence-corrected chi connectivity index (χ2v) is 7.43. The van der Waals surface area contributed by atoms with E-state index in [0.717, 1.165) is 68.2 Å². The molecule has 152 valence electrons. The molecule has 3 aromatic rings. The highest BCUT2D eigenvalue weighted by atomic mass is 16.5. The molecular formula is C23H28N4O2. The van der Waals surface area contributed by atoms with Gasteiger partial charge in [-0.05, 0) is 43.7 Å². The largest absolute Gasteiger partial charge is 0.507 e. The number of hydrogen-bond acceptors (Lipinski definition) is 6. The zero-order valence-electron chi connectivity index (χ0n) is 17.1. The SMILES string of the molecule is CCOCCN1CCN(c2nc(-c3ccccc3O)nc3cc(C)ccc23)CC1. The quantitative estimate of drug-likeness (QED) is 0.648. The number of rotatable bonds is 6. The molecule has 0 saturated carbocycles. The van der Waals surface area contributed by atoms with E-state index in [1.165, 1.54) is 0 Å². The number of para-hydroxylation sites is 1. The third-order valence-corrected chi connectivity index (χ3v) is 5.41. The third kappa shape index (κ3) is 4.33. The van der Waals surface area contributed by atoms with Gasteiger partial charge >= 0.3 is 0 Å². The molecule has 0 spiro atoms. The molecule has 1 N–H and O–H groups in total. The van der Waals surface area contributed by atoms with Crippen molar-refractivity contribution in [2.24, 2.45) is 0 Å². The van der Waals surface area contributed by atoms with Crippen molar-refractivity contribution in [2.75, 3.05) is 50.8 Å². The first-order valence-electron chi connectivity index (χ1n) is 10.3. The van der Waals surface area contributed by atoms with Gasteiger partial charge in [0.25, 0.3) is 0 Å². The molecule has 2 aromatic carbocycles. The van der Waals surface area contributed by atoms with Gasteiger partial charge in [-0.3, -0.25) is 4.90 Å². The lowest BCUT2D eigenvalue weighted by Crippen LogP contribution is -2.47. The smallest absolute Gasteiger partial charge is 0.165 e. The van der Waals surface area contributed by atoms with Crippen molar-refractivity contribution < 1.29 is 9.84 Å². The molecule has 4 rings (SSSR count). The van der Waals surface area contributed by atoms with Crippen LogP contribution in [0.3, 0.4) is 0 Å². The number of hydrogen-bond donors (Lipinski definition) is 1. The number of nitrogens with zero attached hydrogens (tertiary/aromatic N) is 4. The monoisotopic (exact) mass is 392 g/mol. The second kappa shape index (κ2) is 8.76. The number of phenolic OH excluding ortho intramolecular Hbond substituents is 1. The molecular weight excluding hydrogens is 364 g/mol. The van der Waals surface area contributed by atoms with Gasteiger partial charge in [0.2, 0.25) is 0 Å². The number of piperazine rings is 1. The van der Waals surface area contributed by atoms with E-state index in [2.05, 4.69) is 34.9 Å². The van der Waals surface area contributed by atoms with Crippen LogP contribution in [0.1, 0.15) is 12.5 Å². The Morgan fingerprint density at radius 2 is 1.83 bits per heavy atom. The number of aromatic hydroxyl groups is 1. The van der Waals surface area contributed by atoms with Gasteiger partial charge in [-0.2, -0.15) is 0 Å². The lowest BCUT2D eigenvalue weighted by molar-refractivity contribution is 0.111. The van der Waals surface area contributed by atoms with Crippen molar-refractivity contribution in [3.8, 4) is 17.1 Å². The summed E-state index contributed by atoms with van der Waals surface area (Å²) >= 11 is 0. The van der Waals surface area contributed by atoms with E-state index in [4.69, 9.17) is 14.7 Å². The fraction of sp³-hybridized carbons (Fsp3) is 0.391. The van der Waals surface area contributed by atoms with Crippen molar-refractivity contribution >= 4 is 16.7 Å². The molecule has 1 aliphatic heterocycles. The Morgan fingerprint density at radius 1 is 1.03 bits per heavy atom. The minimum atomic E-state index is 0.200. The van der Waals surface area contributed by atoms with Crippen LogP contribution in [-0.4, -0.2) is 65.9 Å². The Hall–Kier alpha value is -2.70. The van der Waals surface area contributed by atoms with Gasteiger partial charge in [-0.25, -0.2) is 9.97 Å². The molecule has 0 amide bonds. The van der Waals surface area contributed by atoms with Crippen molar-refractivity contribution in [3.63, 3.8) is 0 Å². The number of ether oxygens (including phenoxy) is 1. The highest BCUT2D eigenvalue weighted by molar-refractivity contribution is 5.92. The number of anilines is 1. The summed E-state index contributed by atoms with van der Waals surface area (Å²) in [7, 11) is 0. The maximum absolute atomic E-state index is 10.3. The summed E-state index contributed by atoms with van der Waals surface area (Å²) in [6.45, 7) is 10.4. The van der Waals surface area contributed by atoms with E-state index in [1.54, 1.807) is 6.07 Å². The molecule has 1 aliphatic rings. The van der Waals surface area contributed by atoms with E-state index in [1.807, 2.05) is 25.1 Å². The van der Waals surface area contributed by atoms with Gasteiger partial charge in [0, 0.05) is 44.7 Å². The summed E-state index contributed by atoms with van der Waals surface area (Å²) in [6.07, 6.45) is 0. The van der Waals surface area contributed by atoms with Gasteiger partial charge in [0.1, 0.15) is 11.6 Å². The van der Waals surface area contributed by atoms with Crippen molar-refractivity contribution in [1.29, 1.82) is 0 Å². The van der Waals surface area contributed by atoms with Gasteiger partial charge in [-0.1, -0.05) is 18.2 Å². The fourth-order valence-corrected chi connectivity index (χ4v) is 3.77. The molecule has 29 heavy (non-hydrogen) atoms. The molecule has 1 saturated heterocycles. The number of aryl methyl sites for hydroxylation is 1. The Balaban J connectivity index is 1.66. The highest BCUT2D eigenvalue weighted by Crippen LogP contribution is 2.32. The average molecular weight is 393 g/mol. The second-order valence-electron chi connectivity index (χ2n) is 7.43. The van der Waals surface area contributed by atoms with Gasteiger partial charge in [-0.15, -0.1) is 0 Å². The molecule has 0 unspecified atom stereocenters. The van der Waals surface area contributed by atoms with Gasteiger partial charge < -0.3 is 14.7 Å². The normalized spacial score (nSPS) is 15.2. The van der Waals surface area contributed by atoms with Crippen LogP contribution in [0.5, 0.6) is 5.75 Å².